The van der Waals surface area contributed by atoms with Gasteiger partial charge >= 0.3 is 0 Å². The summed E-state index contributed by atoms with van der Waals surface area (Å²) >= 11 is 0. The lowest BCUT2D eigenvalue weighted by molar-refractivity contribution is -0.890. The number of ketones is 1. The van der Waals surface area contributed by atoms with Crippen LogP contribution in [0.4, 0.5) is 0 Å². The fourth-order valence-corrected chi connectivity index (χ4v) is 8.43. The van der Waals surface area contributed by atoms with Crippen molar-refractivity contribution in [2.45, 2.75) is 147 Å². The number of rotatable bonds is 38. The third-order valence-electron chi connectivity index (χ3n) is 12.3. The second-order valence-corrected chi connectivity index (χ2v) is 25.8. The standard InChI is InChI=1S/C30H59N5O7S.C12H24N2O4S.C7H10N2O2.C7H12O.CH4/c1-10-23(5)27(37)33-21-32-26(36)19-24(18-25(11-2)28(38)34-22(3)4)20-30(6,7)29(39)31-14-12-15-35(8,9)16-13-17-43(40,41)42;1-11(2)12(15)13-7-5-8-14(3,4)9-6-10-19(16,17)18;1-3-6(10)8-5-9-7(11)4-2;1-4-7(8)5-6(2)3;/h22-25H,10-21H2,1-9H3,(H4-,31,32,33,34,36,37,38,39,40,41,42);1,5-10H2,2-4H3,(H-,13,15,16,17,18);3-4H,1-2,5H2,(H,8,10)(H,9,11);4,6H,1,5H2,2-3H3;1H4. The van der Waals surface area contributed by atoms with Crippen molar-refractivity contribution < 1.29 is 73.3 Å². The molecule has 0 aliphatic heterocycles. The Balaban J connectivity index is -0.000000410. The molecule has 0 aliphatic rings. The van der Waals surface area contributed by atoms with Crippen molar-refractivity contribution in [2.75, 3.05) is 92.3 Å². The minimum Gasteiger partial charge on any atom is -0.748 e. The van der Waals surface area contributed by atoms with Gasteiger partial charge in [0.05, 0.1) is 87.9 Å². The average Bonchev–Trinajstić information content (AvgIpc) is 3.34. The van der Waals surface area contributed by atoms with Crippen LogP contribution >= 0.6 is 0 Å². The summed E-state index contributed by atoms with van der Waals surface area (Å²) in [6.45, 7) is 35.9. The van der Waals surface area contributed by atoms with Crippen molar-refractivity contribution in [1.29, 1.82) is 0 Å². The van der Waals surface area contributed by atoms with E-state index in [0.29, 0.717) is 98.1 Å². The molecule has 0 saturated heterocycles. The molecule has 0 fully saturated rings. The lowest BCUT2D eigenvalue weighted by atomic mass is 9.76. The molecule has 0 aromatic rings. The Morgan fingerprint density at radius 2 is 1.05 bits per heavy atom. The molecule has 0 bridgehead atoms. The van der Waals surface area contributed by atoms with Gasteiger partial charge in [0.1, 0.15) is 0 Å². The summed E-state index contributed by atoms with van der Waals surface area (Å²) in [6.07, 6.45) is 8.60. The van der Waals surface area contributed by atoms with E-state index < -0.39 is 25.7 Å². The highest BCUT2D eigenvalue weighted by Gasteiger charge is 2.34. The lowest BCUT2D eigenvalue weighted by Crippen LogP contribution is -2.44. The minimum atomic E-state index is -4.23. The molecule has 0 spiro atoms. The Hall–Kier alpha value is -5.34. The first-order chi connectivity index (χ1) is 37.1. The van der Waals surface area contributed by atoms with Crippen molar-refractivity contribution in [3.8, 4) is 0 Å². The molecule has 3 unspecified atom stereocenters. The summed E-state index contributed by atoms with van der Waals surface area (Å²) in [5, 5.41) is 18.9. The monoisotopic (exact) mass is 1210 g/mol. The quantitative estimate of drug-likeness (QED) is 0.0150. The van der Waals surface area contributed by atoms with Crippen molar-refractivity contribution in [2.24, 2.45) is 29.1 Å². The van der Waals surface area contributed by atoms with Crippen molar-refractivity contribution in [3.63, 3.8) is 0 Å². The topological polar surface area (TPSA) is 335 Å². The third-order valence-corrected chi connectivity index (χ3v) is 13.9. The number of amides is 7. The summed E-state index contributed by atoms with van der Waals surface area (Å²) in [7, 11) is -0.504. The average molecular weight is 1210 g/mol. The van der Waals surface area contributed by atoms with E-state index in [0.717, 1.165) is 25.1 Å². The highest BCUT2D eigenvalue weighted by molar-refractivity contribution is 7.85. The zero-order valence-electron chi connectivity index (χ0n) is 51.5. The van der Waals surface area contributed by atoms with Gasteiger partial charge in [0.2, 0.25) is 41.4 Å². The van der Waals surface area contributed by atoms with Gasteiger partial charge in [-0.25, -0.2) is 16.8 Å². The molecule has 0 aliphatic carbocycles. The van der Waals surface area contributed by atoms with Crippen LogP contribution in [-0.2, 0) is 58.6 Å². The number of allylic oxidation sites excluding steroid dienone is 1. The highest BCUT2D eigenvalue weighted by Crippen LogP contribution is 2.32. The predicted octanol–water partition coefficient (Wildman–Crippen LogP) is 4.16. The molecule has 7 N–H and O–H groups in total. The number of carbonyl (C=O) groups is 8. The molecule has 0 heterocycles. The van der Waals surface area contributed by atoms with Gasteiger partial charge < -0.3 is 55.3 Å². The summed E-state index contributed by atoms with van der Waals surface area (Å²) < 4.78 is 65.3. The Bertz CT molecular complexity index is 2200. The summed E-state index contributed by atoms with van der Waals surface area (Å²) in [5.41, 5.74) is -0.329. The summed E-state index contributed by atoms with van der Waals surface area (Å²) in [4.78, 5) is 93.7. The number of hydrogen-bond donors (Lipinski definition) is 7. The van der Waals surface area contributed by atoms with Gasteiger partial charge in [-0.2, -0.15) is 0 Å². The molecule has 82 heavy (non-hydrogen) atoms. The van der Waals surface area contributed by atoms with E-state index in [2.05, 4.69) is 63.5 Å². The van der Waals surface area contributed by atoms with Gasteiger partial charge in [-0.15, -0.1) is 0 Å². The van der Waals surface area contributed by atoms with Crippen LogP contribution in [0.5, 0.6) is 0 Å². The number of nitrogens with zero attached hydrogens (tertiary/aromatic N) is 2. The van der Waals surface area contributed by atoms with E-state index in [-0.39, 0.29) is 116 Å². The molecule has 0 saturated carbocycles. The van der Waals surface area contributed by atoms with Gasteiger partial charge in [-0.3, -0.25) is 38.4 Å². The maximum Gasteiger partial charge on any atom is 0.246 e. The molecular formula is C57H109N9O14S2. The Labute approximate surface area is 494 Å². The highest BCUT2D eigenvalue weighted by atomic mass is 32.2. The molecule has 478 valence electrons. The molecular weight excluding hydrogens is 1100 g/mol. The van der Waals surface area contributed by atoms with Crippen LogP contribution in [0, 0.1) is 29.1 Å². The molecule has 23 nitrogen and oxygen atoms in total. The molecule has 0 radical (unpaired) electrons. The number of carbonyl (C=O) groups excluding carboxylic acids is 8. The summed E-state index contributed by atoms with van der Waals surface area (Å²) in [6, 6.07) is -0.0111. The predicted molar refractivity (Wildman–Crippen MR) is 324 cm³/mol. The van der Waals surface area contributed by atoms with Crippen molar-refractivity contribution >= 4 is 67.4 Å². The molecule has 0 aromatic heterocycles. The molecule has 3 atom stereocenters. The van der Waals surface area contributed by atoms with E-state index in [1.165, 1.54) is 6.08 Å². The normalized spacial score (nSPS) is 12.4. The fourth-order valence-electron chi connectivity index (χ4n) is 7.46. The van der Waals surface area contributed by atoms with E-state index in [1.54, 1.807) is 6.92 Å². The minimum absolute atomic E-state index is 0. The second kappa shape index (κ2) is 45.1. The van der Waals surface area contributed by atoms with Crippen LogP contribution in [0.25, 0.3) is 0 Å². The van der Waals surface area contributed by atoms with Gasteiger partial charge in [-0.1, -0.05) is 82.2 Å². The number of quaternary nitrogens is 2. The zero-order valence-corrected chi connectivity index (χ0v) is 53.1. The third kappa shape index (κ3) is 52.7. The van der Waals surface area contributed by atoms with Crippen LogP contribution in [-0.4, -0.2) is 180 Å². The number of hydrogen-bond acceptors (Lipinski definition) is 14. The molecule has 0 aromatic carbocycles. The van der Waals surface area contributed by atoms with Crippen LogP contribution in [0.15, 0.2) is 50.1 Å². The Morgan fingerprint density at radius 1 is 0.610 bits per heavy atom. The first kappa shape index (κ1) is 85.5. The van der Waals surface area contributed by atoms with Crippen LogP contribution in [0.3, 0.4) is 0 Å². The summed E-state index contributed by atoms with van der Waals surface area (Å²) in [5.74, 6) is -2.22. The van der Waals surface area contributed by atoms with E-state index in [9.17, 15) is 64.3 Å². The van der Waals surface area contributed by atoms with Gasteiger partial charge in [0, 0.05) is 92.0 Å². The SMILES string of the molecule is C.C=C(C)C(=O)NCCC[N+](C)(C)CCCS(=O)(=O)[O-].C=CC(=O)CC(C)C.C=CC(=O)NCNC(=O)C=C.CCC(C)C(=O)NCNC(=O)CC(CC(CC)C(=O)NC(C)C)CC(C)(C)C(=O)NCCC[N+](C)(C)CCCS(=O)(=O)[O-]. The second-order valence-electron chi connectivity index (χ2n) is 22.7. The fraction of sp³-hybridized carbons (Fsp3) is 0.719. The van der Waals surface area contributed by atoms with E-state index in [4.69, 9.17) is 0 Å². The maximum absolute atomic E-state index is 13.2. The molecule has 25 heteroatoms. The van der Waals surface area contributed by atoms with Gasteiger partial charge in [-0.05, 0) is 76.5 Å². The largest absolute Gasteiger partial charge is 0.748 e. The first-order valence-electron chi connectivity index (χ1n) is 27.7. The number of nitrogens with one attached hydrogen (secondary N) is 7. The van der Waals surface area contributed by atoms with Crippen LogP contribution in [0.2, 0.25) is 0 Å². The molecule has 7 amide bonds. The van der Waals surface area contributed by atoms with Crippen LogP contribution in [0.1, 0.15) is 141 Å². The van der Waals surface area contributed by atoms with E-state index in [1.807, 2.05) is 90.5 Å². The van der Waals surface area contributed by atoms with Crippen molar-refractivity contribution in [3.05, 3.63) is 50.1 Å². The van der Waals surface area contributed by atoms with Crippen LogP contribution < -0.4 is 37.2 Å². The Morgan fingerprint density at radius 3 is 1.41 bits per heavy atom. The molecule has 0 rings (SSSR count). The Kier molecular flexibility index (Phi) is 47.0. The first-order valence-corrected chi connectivity index (χ1v) is 30.8. The van der Waals surface area contributed by atoms with Gasteiger partial charge in [0.15, 0.2) is 5.78 Å². The lowest BCUT2D eigenvalue weighted by Gasteiger charge is -2.32. The van der Waals surface area contributed by atoms with E-state index >= 15 is 0 Å². The zero-order chi connectivity index (χ0) is 63.8. The van der Waals surface area contributed by atoms with Gasteiger partial charge in [0.25, 0.3) is 0 Å². The maximum atomic E-state index is 13.2. The smallest absolute Gasteiger partial charge is 0.246 e. The van der Waals surface area contributed by atoms with Crippen molar-refractivity contribution in [1.82, 2.24) is 37.2 Å².